The van der Waals surface area contributed by atoms with Crippen LogP contribution in [0.2, 0.25) is 0 Å². The quantitative estimate of drug-likeness (QED) is 0.809. The van der Waals surface area contributed by atoms with Crippen molar-refractivity contribution >= 4 is 5.82 Å². The summed E-state index contributed by atoms with van der Waals surface area (Å²) in [7, 11) is 0. The molecule has 2 aromatic rings. The van der Waals surface area contributed by atoms with Crippen LogP contribution in [0.4, 0.5) is 5.82 Å². The molecule has 0 unspecified atom stereocenters. The summed E-state index contributed by atoms with van der Waals surface area (Å²) in [6, 6.07) is 7.66. The molecule has 2 N–H and O–H groups in total. The van der Waals surface area contributed by atoms with Crippen molar-refractivity contribution in [2.24, 2.45) is 0 Å². The largest absolute Gasteiger partial charge is 0.382 e. The van der Waals surface area contributed by atoms with E-state index in [4.69, 9.17) is 5.73 Å². The van der Waals surface area contributed by atoms with E-state index in [2.05, 4.69) is 21.2 Å². The van der Waals surface area contributed by atoms with Crippen molar-refractivity contribution in [1.82, 2.24) is 15.2 Å². The Bertz CT molecular complexity index is 410. The lowest BCUT2D eigenvalue weighted by atomic mass is 10.1. The van der Waals surface area contributed by atoms with E-state index >= 15 is 0 Å². The average Bonchev–Trinajstić information content (AvgIpc) is 2.30. The third kappa shape index (κ3) is 2.74. The molecule has 0 fully saturated rings. The molecule has 2 heterocycles. The number of aryl methyl sites for hydroxylation is 2. The normalized spacial score (nSPS) is 10.1. The predicted octanol–water partition coefficient (Wildman–Crippen LogP) is 1.24. The first-order chi connectivity index (χ1) is 7.34. The highest BCUT2D eigenvalue weighted by Gasteiger charge is 1.97. The number of nitrogens with zero attached hydrogens (tertiary/aromatic N) is 3. The number of pyridine rings is 1. The molecule has 0 aliphatic rings. The molecule has 0 atom stereocenters. The van der Waals surface area contributed by atoms with E-state index in [0.717, 1.165) is 18.5 Å². The summed E-state index contributed by atoms with van der Waals surface area (Å²) in [5.74, 6) is 0.458. The molecule has 2 rings (SSSR count). The minimum atomic E-state index is 0.458. The maximum absolute atomic E-state index is 5.45. The van der Waals surface area contributed by atoms with Crippen LogP contribution in [0.1, 0.15) is 11.3 Å². The lowest BCUT2D eigenvalue weighted by molar-refractivity contribution is 0.859. The number of hydrogen-bond donors (Lipinski definition) is 1. The third-order valence-corrected chi connectivity index (χ3v) is 2.13. The van der Waals surface area contributed by atoms with Crippen LogP contribution in [0.5, 0.6) is 0 Å². The topological polar surface area (TPSA) is 64.7 Å². The van der Waals surface area contributed by atoms with Crippen molar-refractivity contribution in [3.8, 4) is 0 Å². The first kappa shape index (κ1) is 9.58. The smallest absolute Gasteiger partial charge is 0.146 e. The summed E-state index contributed by atoms with van der Waals surface area (Å²) in [6.07, 6.45) is 5.42. The zero-order valence-electron chi connectivity index (χ0n) is 8.30. The zero-order chi connectivity index (χ0) is 10.5. The Hall–Kier alpha value is -1.97. The summed E-state index contributed by atoms with van der Waals surface area (Å²) in [6.45, 7) is 0. The van der Waals surface area contributed by atoms with Crippen molar-refractivity contribution < 1.29 is 0 Å². The second-order valence-electron chi connectivity index (χ2n) is 3.31. The second-order valence-corrected chi connectivity index (χ2v) is 3.31. The molecule has 4 heteroatoms. The van der Waals surface area contributed by atoms with Gasteiger partial charge in [-0.15, -0.1) is 5.10 Å². The Morgan fingerprint density at radius 3 is 2.67 bits per heavy atom. The summed E-state index contributed by atoms with van der Waals surface area (Å²) in [5.41, 5.74) is 7.61. The number of hydrogen-bond acceptors (Lipinski definition) is 4. The highest BCUT2D eigenvalue weighted by atomic mass is 15.1. The minimum Gasteiger partial charge on any atom is -0.382 e. The monoisotopic (exact) mass is 200 g/mol. The maximum atomic E-state index is 5.45. The summed E-state index contributed by atoms with van der Waals surface area (Å²) < 4.78 is 0. The van der Waals surface area contributed by atoms with Crippen molar-refractivity contribution in [1.29, 1.82) is 0 Å². The van der Waals surface area contributed by atoms with E-state index in [1.165, 1.54) is 5.56 Å². The fourth-order valence-corrected chi connectivity index (χ4v) is 1.32. The summed E-state index contributed by atoms with van der Waals surface area (Å²) >= 11 is 0. The van der Waals surface area contributed by atoms with Crippen LogP contribution in [-0.2, 0) is 12.8 Å². The average molecular weight is 200 g/mol. The second kappa shape index (κ2) is 4.50. The number of aromatic nitrogens is 3. The molecule has 0 saturated carbocycles. The Morgan fingerprint density at radius 2 is 2.00 bits per heavy atom. The van der Waals surface area contributed by atoms with E-state index in [-0.39, 0.29) is 0 Å². The van der Waals surface area contributed by atoms with Crippen LogP contribution >= 0.6 is 0 Å². The van der Waals surface area contributed by atoms with Gasteiger partial charge in [-0.05, 0) is 36.6 Å². The van der Waals surface area contributed by atoms with Crippen LogP contribution in [-0.4, -0.2) is 15.2 Å². The third-order valence-electron chi connectivity index (χ3n) is 2.13. The summed E-state index contributed by atoms with van der Waals surface area (Å²) in [4.78, 5) is 4.06. The van der Waals surface area contributed by atoms with Gasteiger partial charge in [-0.25, -0.2) is 0 Å². The van der Waals surface area contributed by atoms with Crippen LogP contribution in [0.3, 0.4) is 0 Å². The molecule has 0 aromatic carbocycles. The number of anilines is 1. The van der Waals surface area contributed by atoms with Crippen LogP contribution in [0, 0.1) is 0 Å². The molecular weight excluding hydrogens is 188 g/mol. The lowest BCUT2D eigenvalue weighted by Crippen LogP contribution is -1.99. The number of nitrogens with two attached hydrogens (primary N) is 1. The predicted molar refractivity (Wildman–Crippen MR) is 58.1 cm³/mol. The van der Waals surface area contributed by atoms with Gasteiger partial charge in [-0.2, -0.15) is 5.10 Å². The van der Waals surface area contributed by atoms with Crippen molar-refractivity contribution in [2.45, 2.75) is 12.8 Å². The molecule has 76 valence electrons. The number of nitrogen functional groups attached to an aromatic ring is 1. The van der Waals surface area contributed by atoms with Crippen molar-refractivity contribution in [3.63, 3.8) is 0 Å². The molecule has 0 aliphatic carbocycles. The first-order valence-electron chi connectivity index (χ1n) is 4.81. The molecule has 4 nitrogen and oxygen atoms in total. The minimum absolute atomic E-state index is 0.458. The van der Waals surface area contributed by atoms with Crippen molar-refractivity contribution in [2.75, 3.05) is 5.73 Å². The van der Waals surface area contributed by atoms with E-state index < -0.39 is 0 Å². The van der Waals surface area contributed by atoms with Gasteiger partial charge in [0.2, 0.25) is 0 Å². The molecule has 15 heavy (non-hydrogen) atoms. The fraction of sp³-hybridized carbons (Fsp3) is 0.182. The Balaban J connectivity index is 1.96. The zero-order valence-corrected chi connectivity index (χ0v) is 8.30. The Kier molecular flexibility index (Phi) is 2.88. The molecule has 0 spiro atoms. The van der Waals surface area contributed by atoms with Crippen LogP contribution < -0.4 is 5.73 Å². The molecule has 0 saturated heterocycles. The Morgan fingerprint density at radius 1 is 1.07 bits per heavy atom. The van der Waals surface area contributed by atoms with Gasteiger partial charge in [0.05, 0.1) is 5.69 Å². The van der Waals surface area contributed by atoms with Crippen LogP contribution in [0.15, 0.2) is 36.7 Å². The fourth-order valence-electron chi connectivity index (χ4n) is 1.32. The van der Waals surface area contributed by atoms with Gasteiger partial charge in [0, 0.05) is 12.4 Å². The van der Waals surface area contributed by atoms with E-state index in [1.807, 2.05) is 18.3 Å². The van der Waals surface area contributed by atoms with E-state index in [1.54, 1.807) is 12.3 Å². The lowest BCUT2D eigenvalue weighted by Gasteiger charge is -2.00. The molecular formula is C11H12N4. The van der Waals surface area contributed by atoms with E-state index in [0.29, 0.717) is 5.82 Å². The van der Waals surface area contributed by atoms with Gasteiger partial charge >= 0.3 is 0 Å². The van der Waals surface area contributed by atoms with Gasteiger partial charge in [0.25, 0.3) is 0 Å². The van der Waals surface area contributed by atoms with E-state index in [9.17, 15) is 0 Å². The molecule has 0 bridgehead atoms. The van der Waals surface area contributed by atoms with Crippen molar-refractivity contribution in [3.05, 3.63) is 47.9 Å². The highest BCUT2D eigenvalue weighted by molar-refractivity contribution is 5.25. The Labute approximate surface area is 88.2 Å². The first-order valence-corrected chi connectivity index (χ1v) is 4.81. The van der Waals surface area contributed by atoms with Gasteiger partial charge in [-0.3, -0.25) is 4.98 Å². The molecule has 0 amide bonds. The highest BCUT2D eigenvalue weighted by Crippen LogP contribution is 2.04. The van der Waals surface area contributed by atoms with Gasteiger partial charge in [0.1, 0.15) is 5.82 Å². The molecule has 2 aromatic heterocycles. The molecule has 0 radical (unpaired) electrons. The van der Waals surface area contributed by atoms with Gasteiger partial charge in [0.15, 0.2) is 0 Å². The number of rotatable bonds is 3. The summed E-state index contributed by atoms with van der Waals surface area (Å²) in [5, 5.41) is 7.80. The van der Waals surface area contributed by atoms with Gasteiger partial charge in [-0.1, -0.05) is 6.07 Å². The van der Waals surface area contributed by atoms with Gasteiger partial charge < -0.3 is 5.73 Å². The maximum Gasteiger partial charge on any atom is 0.146 e. The SMILES string of the molecule is Nc1ccc(CCc2cccnc2)nn1. The standard InChI is InChI=1S/C11H12N4/c12-11-6-5-10(14-15-11)4-3-9-2-1-7-13-8-9/h1-2,5-8H,3-4H2,(H2,12,15). The molecule has 0 aliphatic heterocycles. The van der Waals surface area contributed by atoms with Crippen LogP contribution in [0.25, 0.3) is 0 Å².